The van der Waals surface area contributed by atoms with Crippen molar-refractivity contribution in [2.75, 3.05) is 0 Å². The van der Waals surface area contributed by atoms with Gasteiger partial charge in [-0.2, -0.15) is 13.2 Å². The summed E-state index contributed by atoms with van der Waals surface area (Å²) in [6, 6.07) is 7.53. The SMILES string of the molecule is CCCCC(c1ccc(C(F)(F)F)c(C(=O)OC(C)C)c1)N1C(=O)C(CCC(C)C)(c2ccc(F)cc2)N=C1NC(=O)OC(C)(C)C. The van der Waals surface area contributed by atoms with Crippen LogP contribution in [0, 0.1) is 11.7 Å². The van der Waals surface area contributed by atoms with Gasteiger partial charge in [-0.05, 0) is 95.2 Å². The van der Waals surface area contributed by atoms with Crippen LogP contribution >= 0.6 is 0 Å². The Morgan fingerprint density at radius 3 is 2.17 bits per heavy atom. The number of carbonyl (C=O) groups is 3. The third-order valence-electron chi connectivity index (χ3n) is 7.55. The number of ether oxygens (including phenoxy) is 2. The van der Waals surface area contributed by atoms with E-state index in [0.29, 0.717) is 24.8 Å². The normalized spacial score (nSPS) is 17.6. The van der Waals surface area contributed by atoms with Crippen LogP contribution in [0.5, 0.6) is 0 Å². The first kappa shape index (κ1) is 37.5. The summed E-state index contributed by atoms with van der Waals surface area (Å²) in [5.74, 6) is -2.24. The second kappa shape index (κ2) is 14.9. The van der Waals surface area contributed by atoms with Gasteiger partial charge in [-0.1, -0.05) is 51.8 Å². The molecule has 12 heteroatoms. The number of halogens is 4. The molecule has 2 atom stereocenters. The van der Waals surface area contributed by atoms with Crippen LogP contribution in [0.1, 0.15) is 121 Å². The number of esters is 1. The highest BCUT2D eigenvalue weighted by Crippen LogP contribution is 2.44. The molecule has 0 bridgehead atoms. The fourth-order valence-electron chi connectivity index (χ4n) is 5.37. The number of guanidine groups is 1. The highest BCUT2D eigenvalue weighted by molar-refractivity contribution is 6.11. The summed E-state index contributed by atoms with van der Waals surface area (Å²) in [6.07, 6.45) is -4.24. The van der Waals surface area contributed by atoms with Gasteiger partial charge in [0, 0.05) is 0 Å². The van der Waals surface area contributed by atoms with Gasteiger partial charge in [0.05, 0.1) is 23.3 Å². The van der Waals surface area contributed by atoms with Crippen LogP contribution in [0.3, 0.4) is 0 Å². The first-order chi connectivity index (χ1) is 21.8. The zero-order valence-electron chi connectivity index (χ0n) is 28.3. The number of benzene rings is 2. The molecule has 0 fully saturated rings. The number of amides is 2. The third kappa shape index (κ3) is 9.32. The number of unbranched alkanes of at least 4 members (excludes halogenated alkanes) is 1. The largest absolute Gasteiger partial charge is 0.459 e. The molecule has 0 spiro atoms. The molecular formula is C35H45F4N3O5. The van der Waals surface area contributed by atoms with E-state index in [1.165, 1.54) is 49.1 Å². The summed E-state index contributed by atoms with van der Waals surface area (Å²) in [6.45, 7) is 13.9. The molecule has 47 heavy (non-hydrogen) atoms. The van der Waals surface area contributed by atoms with Gasteiger partial charge in [0.15, 0.2) is 5.54 Å². The lowest BCUT2D eigenvalue weighted by Gasteiger charge is -2.33. The smallest absolute Gasteiger partial charge is 0.417 e. The molecule has 0 radical (unpaired) electrons. The highest BCUT2D eigenvalue weighted by Gasteiger charge is 2.52. The van der Waals surface area contributed by atoms with E-state index in [0.717, 1.165) is 12.1 Å². The van der Waals surface area contributed by atoms with Crippen LogP contribution in [0.4, 0.5) is 22.4 Å². The minimum atomic E-state index is -4.86. The van der Waals surface area contributed by atoms with Crippen LogP contribution in [-0.4, -0.2) is 40.5 Å². The van der Waals surface area contributed by atoms with Gasteiger partial charge in [-0.3, -0.25) is 15.0 Å². The minimum absolute atomic E-state index is 0.145. The van der Waals surface area contributed by atoms with Crippen molar-refractivity contribution in [2.45, 2.75) is 117 Å². The summed E-state index contributed by atoms with van der Waals surface area (Å²) in [5, 5.41) is 2.61. The number of carbonyl (C=O) groups excluding carboxylic acids is 3. The van der Waals surface area contributed by atoms with Crippen molar-refractivity contribution >= 4 is 23.9 Å². The van der Waals surface area contributed by atoms with Crippen molar-refractivity contribution in [3.8, 4) is 0 Å². The quantitative estimate of drug-likeness (QED) is 0.192. The first-order valence-corrected chi connectivity index (χ1v) is 15.9. The van der Waals surface area contributed by atoms with E-state index in [1.54, 1.807) is 20.8 Å². The Morgan fingerprint density at radius 2 is 1.64 bits per heavy atom. The van der Waals surface area contributed by atoms with Crippen molar-refractivity contribution in [2.24, 2.45) is 10.9 Å². The first-order valence-electron chi connectivity index (χ1n) is 15.9. The van der Waals surface area contributed by atoms with Crippen LogP contribution < -0.4 is 5.32 Å². The lowest BCUT2D eigenvalue weighted by molar-refractivity contribution is -0.138. The molecule has 1 aliphatic rings. The fourth-order valence-corrected chi connectivity index (χ4v) is 5.37. The number of hydrogen-bond donors (Lipinski definition) is 1. The number of alkyl carbamates (subject to hydrolysis) is 1. The van der Waals surface area contributed by atoms with E-state index in [-0.39, 0.29) is 30.3 Å². The van der Waals surface area contributed by atoms with Crippen molar-refractivity contribution in [3.05, 3.63) is 70.5 Å². The standard InChI is InChI=1S/C35H45F4N3O5/c1-9-10-11-28(23-12-17-27(35(37,38)39)26(20-23)29(43)46-22(4)5)42-30(44)34(19-18-21(2)3,24-13-15-25(36)16-14-24)41-31(42)40-32(45)47-33(6,7)8/h12-17,20-22,28H,9-11,18-19H2,1-8H3,(H,40,41,45). The number of alkyl halides is 3. The van der Waals surface area contributed by atoms with Crippen LogP contribution in [0.15, 0.2) is 47.5 Å². The lowest BCUT2D eigenvalue weighted by Crippen LogP contribution is -2.49. The summed E-state index contributed by atoms with van der Waals surface area (Å²) in [4.78, 5) is 47.0. The molecule has 258 valence electrons. The number of rotatable bonds is 11. The van der Waals surface area contributed by atoms with Gasteiger partial charge in [0.2, 0.25) is 5.96 Å². The molecule has 0 saturated heterocycles. The Hall–Kier alpha value is -3.96. The molecule has 0 saturated carbocycles. The fraction of sp³-hybridized carbons (Fsp3) is 0.543. The number of nitrogens with zero attached hydrogens (tertiary/aromatic N) is 2. The maximum Gasteiger partial charge on any atom is 0.417 e. The zero-order valence-corrected chi connectivity index (χ0v) is 28.3. The molecule has 1 N–H and O–H groups in total. The van der Waals surface area contributed by atoms with E-state index in [4.69, 9.17) is 14.5 Å². The molecule has 2 amide bonds. The summed E-state index contributed by atoms with van der Waals surface area (Å²) in [5.41, 5.74) is -3.75. The summed E-state index contributed by atoms with van der Waals surface area (Å²) < 4.78 is 66.9. The number of aliphatic imine (C=N–C) groups is 1. The minimum Gasteiger partial charge on any atom is -0.459 e. The topological polar surface area (TPSA) is 97.3 Å². The molecule has 3 rings (SSSR count). The monoisotopic (exact) mass is 663 g/mol. The van der Waals surface area contributed by atoms with Gasteiger partial charge in [0.25, 0.3) is 5.91 Å². The Labute approximate surface area is 273 Å². The van der Waals surface area contributed by atoms with Crippen molar-refractivity contribution < 1.29 is 41.4 Å². The summed E-state index contributed by atoms with van der Waals surface area (Å²) in [7, 11) is 0. The second-order valence-electron chi connectivity index (χ2n) is 13.5. The molecule has 2 aromatic rings. The Balaban J connectivity index is 2.29. The van der Waals surface area contributed by atoms with Crippen LogP contribution in [0.2, 0.25) is 0 Å². The Bertz CT molecular complexity index is 1470. The number of nitrogens with one attached hydrogen (secondary N) is 1. The Kier molecular flexibility index (Phi) is 11.9. The van der Waals surface area contributed by atoms with Gasteiger partial charge in [-0.15, -0.1) is 0 Å². The predicted octanol–water partition coefficient (Wildman–Crippen LogP) is 8.70. The van der Waals surface area contributed by atoms with E-state index < -0.39 is 64.4 Å². The van der Waals surface area contributed by atoms with E-state index in [1.807, 2.05) is 20.8 Å². The summed E-state index contributed by atoms with van der Waals surface area (Å²) >= 11 is 0. The van der Waals surface area contributed by atoms with E-state index in [2.05, 4.69) is 5.32 Å². The van der Waals surface area contributed by atoms with Crippen molar-refractivity contribution in [1.82, 2.24) is 10.2 Å². The van der Waals surface area contributed by atoms with Crippen LogP contribution in [-0.2, 0) is 26.0 Å². The molecule has 1 aliphatic heterocycles. The molecule has 0 aliphatic carbocycles. The van der Waals surface area contributed by atoms with Gasteiger partial charge < -0.3 is 9.47 Å². The molecular weight excluding hydrogens is 618 g/mol. The van der Waals surface area contributed by atoms with Gasteiger partial charge in [-0.25, -0.2) is 19.0 Å². The third-order valence-corrected chi connectivity index (χ3v) is 7.55. The predicted molar refractivity (Wildman–Crippen MR) is 170 cm³/mol. The molecule has 0 aromatic heterocycles. The second-order valence-corrected chi connectivity index (χ2v) is 13.5. The molecule has 2 unspecified atom stereocenters. The zero-order chi connectivity index (χ0) is 35.3. The average Bonchev–Trinajstić information content (AvgIpc) is 3.21. The Morgan fingerprint density at radius 1 is 1.00 bits per heavy atom. The van der Waals surface area contributed by atoms with Gasteiger partial charge >= 0.3 is 18.2 Å². The molecule has 8 nitrogen and oxygen atoms in total. The van der Waals surface area contributed by atoms with Gasteiger partial charge in [0.1, 0.15) is 11.4 Å². The maximum atomic E-state index is 14.8. The van der Waals surface area contributed by atoms with Crippen LogP contribution in [0.25, 0.3) is 0 Å². The number of hydrogen-bond acceptors (Lipinski definition) is 6. The van der Waals surface area contributed by atoms with E-state index >= 15 is 0 Å². The molecule has 1 heterocycles. The molecule has 2 aromatic carbocycles. The lowest BCUT2D eigenvalue weighted by atomic mass is 9.83. The van der Waals surface area contributed by atoms with E-state index in [9.17, 15) is 31.9 Å². The van der Waals surface area contributed by atoms with Crippen molar-refractivity contribution in [1.29, 1.82) is 0 Å². The highest BCUT2D eigenvalue weighted by atomic mass is 19.4. The maximum absolute atomic E-state index is 14.8. The average molecular weight is 664 g/mol. The van der Waals surface area contributed by atoms with Crippen molar-refractivity contribution in [3.63, 3.8) is 0 Å².